The van der Waals surface area contributed by atoms with E-state index in [1.54, 1.807) is 13.2 Å². The van der Waals surface area contributed by atoms with E-state index in [0.29, 0.717) is 11.4 Å². The van der Waals surface area contributed by atoms with Crippen molar-refractivity contribution in [3.05, 3.63) is 63.9 Å². The summed E-state index contributed by atoms with van der Waals surface area (Å²) in [5.74, 6) is 0.519. The fourth-order valence-electron chi connectivity index (χ4n) is 2.44. The molecule has 0 saturated heterocycles. The predicted octanol–water partition coefficient (Wildman–Crippen LogP) is 4.30. The molecule has 2 nitrogen and oxygen atoms in total. The van der Waals surface area contributed by atoms with Gasteiger partial charge in [-0.15, -0.1) is 0 Å². The van der Waals surface area contributed by atoms with Gasteiger partial charge in [0.05, 0.1) is 7.11 Å². The van der Waals surface area contributed by atoms with Crippen LogP contribution in [0.2, 0.25) is 5.02 Å². The standard InChI is InChI=1S/C17H19ClFNO/c1-11-4-7-17(21-3)12(8-11)9-16(20-2)14-6-5-13(19)10-15(14)18/h4-8,10,16,20H,9H2,1-3H3. The van der Waals surface area contributed by atoms with E-state index >= 15 is 0 Å². The highest BCUT2D eigenvalue weighted by Crippen LogP contribution is 2.29. The van der Waals surface area contributed by atoms with E-state index in [0.717, 1.165) is 16.9 Å². The number of hydrogen-bond donors (Lipinski definition) is 1. The van der Waals surface area contributed by atoms with Gasteiger partial charge in [0.25, 0.3) is 0 Å². The Kier molecular flexibility index (Phi) is 5.21. The van der Waals surface area contributed by atoms with Gasteiger partial charge in [0.15, 0.2) is 0 Å². The zero-order valence-corrected chi connectivity index (χ0v) is 13.2. The van der Waals surface area contributed by atoms with Crippen LogP contribution in [0.5, 0.6) is 5.75 Å². The highest BCUT2D eigenvalue weighted by molar-refractivity contribution is 6.31. The lowest BCUT2D eigenvalue weighted by molar-refractivity contribution is 0.406. The van der Waals surface area contributed by atoms with Gasteiger partial charge in [0.1, 0.15) is 11.6 Å². The molecule has 21 heavy (non-hydrogen) atoms. The average Bonchev–Trinajstić information content (AvgIpc) is 2.45. The predicted molar refractivity (Wildman–Crippen MR) is 84.6 cm³/mol. The first kappa shape index (κ1) is 15.8. The van der Waals surface area contributed by atoms with Crippen molar-refractivity contribution in [1.82, 2.24) is 5.32 Å². The summed E-state index contributed by atoms with van der Waals surface area (Å²) >= 11 is 6.16. The topological polar surface area (TPSA) is 21.3 Å². The van der Waals surface area contributed by atoms with Crippen molar-refractivity contribution in [1.29, 1.82) is 0 Å². The fraction of sp³-hybridized carbons (Fsp3) is 0.294. The molecule has 0 fully saturated rings. The van der Waals surface area contributed by atoms with Crippen LogP contribution in [0.15, 0.2) is 36.4 Å². The Bertz CT molecular complexity index is 630. The van der Waals surface area contributed by atoms with Gasteiger partial charge >= 0.3 is 0 Å². The molecule has 0 aliphatic rings. The van der Waals surface area contributed by atoms with Crippen molar-refractivity contribution in [2.24, 2.45) is 0 Å². The highest BCUT2D eigenvalue weighted by atomic mass is 35.5. The Morgan fingerprint density at radius 3 is 2.62 bits per heavy atom. The van der Waals surface area contributed by atoms with Crippen LogP contribution in [-0.4, -0.2) is 14.2 Å². The van der Waals surface area contributed by atoms with Gasteiger partial charge in [-0.1, -0.05) is 35.4 Å². The van der Waals surface area contributed by atoms with Crippen molar-refractivity contribution in [2.45, 2.75) is 19.4 Å². The van der Waals surface area contributed by atoms with Crippen molar-refractivity contribution in [3.63, 3.8) is 0 Å². The minimum Gasteiger partial charge on any atom is -0.496 e. The summed E-state index contributed by atoms with van der Waals surface area (Å²) in [5.41, 5.74) is 3.15. The van der Waals surface area contributed by atoms with Crippen molar-refractivity contribution in [3.8, 4) is 5.75 Å². The number of ether oxygens (including phenoxy) is 1. The molecule has 0 bridgehead atoms. The maximum atomic E-state index is 13.2. The van der Waals surface area contributed by atoms with Crippen molar-refractivity contribution < 1.29 is 9.13 Å². The molecule has 0 aliphatic heterocycles. The number of aryl methyl sites for hydroxylation is 1. The van der Waals surface area contributed by atoms with Gasteiger partial charge in [-0.05, 0) is 49.7 Å². The van der Waals surface area contributed by atoms with E-state index in [1.807, 2.05) is 26.1 Å². The molecule has 2 rings (SSSR count). The SMILES string of the molecule is CNC(Cc1cc(C)ccc1OC)c1ccc(F)cc1Cl. The minimum absolute atomic E-state index is 0.00574. The van der Waals surface area contributed by atoms with E-state index in [-0.39, 0.29) is 11.9 Å². The van der Waals surface area contributed by atoms with Crippen molar-refractivity contribution >= 4 is 11.6 Å². The second-order valence-corrected chi connectivity index (χ2v) is 5.43. The third-order valence-electron chi connectivity index (χ3n) is 3.55. The van der Waals surface area contributed by atoms with Gasteiger partial charge < -0.3 is 10.1 Å². The van der Waals surface area contributed by atoms with Gasteiger partial charge in [-0.3, -0.25) is 0 Å². The number of hydrogen-bond acceptors (Lipinski definition) is 2. The van der Waals surface area contributed by atoms with E-state index in [1.165, 1.54) is 17.7 Å². The Morgan fingerprint density at radius 1 is 1.24 bits per heavy atom. The monoisotopic (exact) mass is 307 g/mol. The second-order valence-electron chi connectivity index (χ2n) is 5.03. The molecule has 0 spiro atoms. The van der Waals surface area contributed by atoms with Crippen LogP contribution in [0.4, 0.5) is 4.39 Å². The molecule has 0 amide bonds. The maximum Gasteiger partial charge on any atom is 0.124 e. The van der Waals surface area contributed by atoms with Gasteiger partial charge in [-0.2, -0.15) is 0 Å². The Hall–Kier alpha value is -1.58. The first-order chi connectivity index (χ1) is 10.0. The summed E-state index contributed by atoms with van der Waals surface area (Å²) in [5, 5.41) is 3.67. The zero-order valence-electron chi connectivity index (χ0n) is 12.4. The third kappa shape index (κ3) is 3.74. The van der Waals surface area contributed by atoms with Gasteiger partial charge in [0.2, 0.25) is 0 Å². The minimum atomic E-state index is -0.327. The average molecular weight is 308 g/mol. The number of rotatable bonds is 5. The fourth-order valence-corrected chi connectivity index (χ4v) is 2.74. The van der Waals surface area contributed by atoms with Crippen LogP contribution < -0.4 is 10.1 Å². The molecule has 1 unspecified atom stereocenters. The number of methoxy groups -OCH3 is 1. The molecule has 0 aliphatic carbocycles. The molecule has 0 heterocycles. The Labute approximate surface area is 129 Å². The van der Waals surface area contributed by atoms with Crippen LogP contribution in [0.3, 0.4) is 0 Å². The molecule has 112 valence electrons. The summed E-state index contributed by atoms with van der Waals surface area (Å²) in [6, 6.07) is 10.6. The van der Waals surface area contributed by atoms with E-state index in [4.69, 9.17) is 16.3 Å². The largest absolute Gasteiger partial charge is 0.496 e. The van der Waals surface area contributed by atoms with E-state index in [2.05, 4.69) is 11.4 Å². The van der Waals surface area contributed by atoms with E-state index < -0.39 is 0 Å². The Morgan fingerprint density at radius 2 is 2.00 bits per heavy atom. The second kappa shape index (κ2) is 6.92. The quantitative estimate of drug-likeness (QED) is 0.889. The number of benzene rings is 2. The summed E-state index contributed by atoms with van der Waals surface area (Å²) in [7, 11) is 3.53. The maximum absolute atomic E-state index is 13.2. The molecular weight excluding hydrogens is 289 g/mol. The molecule has 4 heteroatoms. The van der Waals surface area contributed by atoms with Crippen LogP contribution in [0, 0.1) is 12.7 Å². The van der Waals surface area contributed by atoms with Crippen LogP contribution >= 0.6 is 11.6 Å². The summed E-state index contributed by atoms with van der Waals surface area (Å²) < 4.78 is 18.6. The number of nitrogens with one attached hydrogen (secondary N) is 1. The molecule has 2 aromatic rings. The first-order valence-corrected chi connectivity index (χ1v) is 7.18. The lowest BCUT2D eigenvalue weighted by Gasteiger charge is -2.20. The molecular formula is C17H19ClFNO. The van der Waals surface area contributed by atoms with Crippen molar-refractivity contribution in [2.75, 3.05) is 14.2 Å². The first-order valence-electron chi connectivity index (χ1n) is 6.81. The summed E-state index contributed by atoms with van der Waals surface area (Å²) in [6.07, 6.45) is 0.715. The summed E-state index contributed by atoms with van der Waals surface area (Å²) in [6.45, 7) is 2.04. The molecule has 1 atom stereocenters. The van der Waals surface area contributed by atoms with Crippen LogP contribution in [0.25, 0.3) is 0 Å². The highest BCUT2D eigenvalue weighted by Gasteiger charge is 2.16. The van der Waals surface area contributed by atoms with Crippen LogP contribution in [-0.2, 0) is 6.42 Å². The molecule has 1 N–H and O–H groups in total. The van der Waals surface area contributed by atoms with Crippen LogP contribution in [0.1, 0.15) is 22.7 Å². The van der Waals surface area contributed by atoms with E-state index in [9.17, 15) is 4.39 Å². The third-order valence-corrected chi connectivity index (χ3v) is 3.87. The van der Waals surface area contributed by atoms with Gasteiger partial charge in [0, 0.05) is 11.1 Å². The zero-order chi connectivity index (χ0) is 15.4. The smallest absolute Gasteiger partial charge is 0.124 e. The van der Waals surface area contributed by atoms with Gasteiger partial charge in [-0.25, -0.2) is 4.39 Å². The number of halogens is 2. The Balaban J connectivity index is 2.33. The lowest BCUT2D eigenvalue weighted by atomic mass is 9.97. The number of likely N-dealkylation sites (N-methyl/N-ethyl adjacent to an activating group) is 1. The molecule has 0 aromatic heterocycles. The summed E-state index contributed by atoms with van der Waals surface area (Å²) in [4.78, 5) is 0. The molecule has 0 saturated carbocycles. The lowest BCUT2D eigenvalue weighted by Crippen LogP contribution is -2.19. The molecule has 0 radical (unpaired) electrons. The molecule has 2 aromatic carbocycles. The normalized spacial score (nSPS) is 12.2.